The Morgan fingerprint density at radius 3 is 2.91 bits per heavy atom. The Labute approximate surface area is 135 Å². The van der Waals surface area contributed by atoms with Gasteiger partial charge in [-0.1, -0.05) is 22.0 Å². The Balaban J connectivity index is 2.11. The highest BCUT2D eigenvalue weighted by molar-refractivity contribution is 5.63. The first-order valence-electron chi connectivity index (χ1n) is 8.00. The summed E-state index contributed by atoms with van der Waals surface area (Å²) < 4.78 is 8.77. The fourth-order valence-corrected chi connectivity index (χ4v) is 3.41. The van der Waals surface area contributed by atoms with Crippen LogP contribution in [0.2, 0.25) is 0 Å². The van der Waals surface area contributed by atoms with Crippen LogP contribution in [0.1, 0.15) is 19.6 Å². The van der Waals surface area contributed by atoms with Crippen molar-refractivity contribution < 1.29 is 13.8 Å². The van der Waals surface area contributed by atoms with Gasteiger partial charge in [-0.15, -0.1) is 4.68 Å². The van der Waals surface area contributed by atoms with Crippen LogP contribution in [0.4, 0.5) is 0 Å². The van der Waals surface area contributed by atoms with Crippen molar-refractivity contribution in [2.45, 2.75) is 19.6 Å². The van der Waals surface area contributed by atoms with Crippen molar-refractivity contribution in [3.05, 3.63) is 23.2 Å². The predicted octanol–water partition coefficient (Wildman–Crippen LogP) is 0.154. The first-order valence-corrected chi connectivity index (χ1v) is 8.00. The number of rotatable bonds is 5. The van der Waals surface area contributed by atoms with Gasteiger partial charge in [0.1, 0.15) is 0 Å². The molecule has 0 saturated carbocycles. The van der Waals surface area contributed by atoms with Crippen LogP contribution in [-0.2, 0) is 4.74 Å². The molecule has 3 heterocycles. The van der Waals surface area contributed by atoms with Gasteiger partial charge in [0.15, 0.2) is 6.20 Å². The molecule has 124 valence electrons. The molecule has 0 bridgehead atoms. The number of aromatic nitrogens is 4. The van der Waals surface area contributed by atoms with E-state index >= 15 is 0 Å². The minimum atomic E-state index is -0.0506. The third-order valence-electron chi connectivity index (χ3n) is 4.31. The van der Waals surface area contributed by atoms with Crippen molar-refractivity contribution >= 4 is 11.2 Å². The predicted molar refractivity (Wildman–Crippen MR) is 83.8 cm³/mol. The SMILES string of the molecule is CCC[N+](C)(C)C(N1CCOCC1)n1[nH][n+](=O)c2ncc#cc21. The van der Waals surface area contributed by atoms with Crippen LogP contribution in [0.5, 0.6) is 0 Å². The molecule has 1 unspecified atom stereocenters. The number of nitrogens with zero attached hydrogens (tertiary/aromatic N) is 5. The average molecular weight is 320 g/mol. The van der Waals surface area contributed by atoms with Gasteiger partial charge in [-0.05, 0) is 18.6 Å². The quantitative estimate of drug-likeness (QED) is 0.629. The lowest BCUT2D eigenvalue weighted by Crippen LogP contribution is -2.57. The van der Waals surface area contributed by atoms with Crippen molar-refractivity contribution in [1.82, 2.24) is 19.8 Å². The topological polar surface area (TPSA) is 69.1 Å². The summed E-state index contributed by atoms with van der Waals surface area (Å²) in [7, 11) is 4.36. The van der Waals surface area contributed by atoms with Gasteiger partial charge in [-0.3, -0.25) is 4.48 Å². The van der Waals surface area contributed by atoms with Crippen molar-refractivity contribution in [3.8, 4) is 0 Å². The summed E-state index contributed by atoms with van der Waals surface area (Å²) in [6, 6.07) is 5.88. The van der Waals surface area contributed by atoms with E-state index in [0.29, 0.717) is 28.9 Å². The zero-order valence-electron chi connectivity index (χ0n) is 13.9. The van der Waals surface area contributed by atoms with E-state index in [4.69, 9.17) is 4.74 Å². The van der Waals surface area contributed by atoms with Crippen LogP contribution < -0.4 is 4.54 Å². The van der Waals surface area contributed by atoms with Crippen molar-refractivity contribution in [3.63, 3.8) is 0 Å². The van der Waals surface area contributed by atoms with E-state index in [1.807, 2.05) is 4.68 Å². The lowest BCUT2D eigenvalue weighted by molar-refractivity contribution is -0.945. The molecule has 8 nitrogen and oxygen atoms in total. The molecule has 2 aromatic rings. The molecule has 1 saturated heterocycles. The van der Waals surface area contributed by atoms with E-state index in [-0.39, 0.29) is 6.29 Å². The lowest BCUT2D eigenvalue weighted by atomic mass is 10.3. The summed E-state index contributed by atoms with van der Waals surface area (Å²) in [4.78, 5) is 18.6. The molecule has 0 aliphatic carbocycles. The zero-order chi connectivity index (χ0) is 16.4. The van der Waals surface area contributed by atoms with Crippen LogP contribution >= 0.6 is 0 Å². The van der Waals surface area contributed by atoms with Gasteiger partial charge in [-0.25, -0.2) is 4.90 Å². The Morgan fingerprint density at radius 2 is 2.22 bits per heavy atom. The van der Waals surface area contributed by atoms with E-state index in [1.165, 1.54) is 6.20 Å². The Morgan fingerprint density at radius 1 is 1.48 bits per heavy atom. The highest BCUT2D eigenvalue weighted by Gasteiger charge is 2.41. The second-order valence-electron chi connectivity index (χ2n) is 6.46. The summed E-state index contributed by atoms with van der Waals surface area (Å²) in [5.74, 6) is 0. The Hall–Kier alpha value is -1.95. The standard InChI is InChI=1S/C15H24N6O2/c1-4-10-21(2,3)15(18-8-11-23-12-9-18)19-13-6-5-7-16-14(13)20(22)17-19/h7,15H,4,8-12H2,1-3H3,(H,17,22)/q+2. The first kappa shape index (κ1) is 15.9. The molecule has 23 heavy (non-hydrogen) atoms. The van der Waals surface area contributed by atoms with Gasteiger partial charge in [0.25, 0.3) is 11.8 Å². The van der Waals surface area contributed by atoms with Gasteiger partial charge >= 0.3 is 5.65 Å². The van der Waals surface area contributed by atoms with Crippen molar-refractivity contribution in [1.29, 1.82) is 0 Å². The van der Waals surface area contributed by atoms with Crippen LogP contribution in [0.15, 0.2) is 6.20 Å². The maximum absolute atomic E-state index is 12.2. The molecule has 1 N–H and O–H groups in total. The van der Waals surface area contributed by atoms with Gasteiger partial charge in [0, 0.05) is 13.1 Å². The highest BCUT2D eigenvalue weighted by atomic mass is 16.5. The van der Waals surface area contributed by atoms with Gasteiger partial charge in [-0.2, -0.15) is 0 Å². The molecule has 0 aromatic carbocycles. The summed E-state index contributed by atoms with van der Waals surface area (Å²) >= 11 is 0. The summed E-state index contributed by atoms with van der Waals surface area (Å²) in [5.41, 5.74) is 0.972. The summed E-state index contributed by atoms with van der Waals surface area (Å²) in [6.07, 6.45) is 2.47. The maximum Gasteiger partial charge on any atom is 0.376 e. The minimum Gasteiger partial charge on any atom is -0.379 e. The molecule has 8 heteroatoms. The second kappa shape index (κ2) is 6.28. The summed E-state index contributed by atoms with van der Waals surface area (Å²) in [6.45, 7) is 6.21. The molecule has 2 aromatic heterocycles. The molecule has 1 atom stereocenters. The van der Waals surface area contributed by atoms with E-state index in [0.717, 1.165) is 30.5 Å². The number of fused-ring (bicyclic) bond motifs is 1. The number of ether oxygens (including phenoxy) is 1. The maximum atomic E-state index is 12.2. The molecule has 0 radical (unpaired) electrons. The van der Waals surface area contributed by atoms with Gasteiger partial charge in [0.2, 0.25) is 0 Å². The largest absolute Gasteiger partial charge is 0.379 e. The molecule has 1 aliphatic rings. The molecule has 0 amide bonds. The van der Waals surface area contributed by atoms with Crippen LogP contribution in [0, 0.1) is 17.0 Å². The fraction of sp³-hybridized carbons (Fsp3) is 0.667. The number of morpholine rings is 1. The smallest absolute Gasteiger partial charge is 0.376 e. The summed E-state index contributed by atoms with van der Waals surface area (Å²) in [5, 5.41) is 2.88. The van der Waals surface area contributed by atoms with Gasteiger partial charge in [0.05, 0.1) is 38.4 Å². The fourth-order valence-electron chi connectivity index (χ4n) is 3.41. The third kappa shape index (κ3) is 2.95. The van der Waals surface area contributed by atoms with Gasteiger partial charge < -0.3 is 4.74 Å². The Kier molecular flexibility index (Phi) is 4.35. The molecular formula is C15H24N6O2+2. The molecule has 1 aliphatic heterocycles. The second-order valence-corrected chi connectivity index (χ2v) is 6.46. The number of aromatic amines is 1. The normalized spacial score (nSPS) is 18.0. The van der Waals surface area contributed by atoms with E-state index in [2.05, 4.69) is 48.2 Å². The number of hydrogen-bond acceptors (Lipinski definition) is 4. The molecular weight excluding hydrogens is 296 g/mol. The Bertz CT molecular complexity index is 716. The minimum absolute atomic E-state index is 0.0506. The van der Waals surface area contributed by atoms with Crippen LogP contribution in [-0.4, -0.2) is 71.2 Å². The third-order valence-corrected chi connectivity index (χ3v) is 4.31. The first-order chi connectivity index (χ1) is 11.0. The van der Waals surface area contributed by atoms with E-state index < -0.39 is 0 Å². The number of H-pyrrole nitrogens is 1. The lowest BCUT2D eigenvalue weighted by Gasteiger charge is -2.42. The zero-order valence-corrected chi connectivity index (χ0v) is 13.9. The highest BCUT2D eigenvalue weighted by Crippen LogP contribution is 2.25. The van der Waals surface area contributed by atoms with Crippen LogP contribution in [0.25, 0.3) is 11.2 Å². The number of hydrogen-bond donors (Lipinski definition) is 1. The number of nitrogens with one attached hydrogen (secondary N) is 1. The number of quaternary nitrogens is 1. The van der Waals surface area contributed by atoms with E-state index in [1.54, 1.807) is 0 Å². The van der Waals surface area contributed by atoms with Crippen LogP contribution in [0.3, 0.4) is 0 Å². The van der Waals surface area contributed by atoms with Crippen molar-refractivity contribution in [2.75, 3.05) is 46.9 Å². The van der Waals surface area contributed by atoms with E-state index in [9.17, 15) is 4.91 Å². The monoisotopic (exact) mass is 320 g/mol. The molecule has 1 fully saturated rings. The van der Waals surface area contributed by atoms with Crippen molar-refractivity contribution in [2.24, 2.45) is 0 Å². The molecule has 0 spiro atoms. The average Bonchev–Trinajstić information content (AvgIpc) is 2.86. The molecule has 3 rings (SSSR count).